The van der Waals surface area contributed by atoms with Crippen molar-refractivity contribution in [3.8, 4) is 0 Å². The third-order valence-corrected chi connectivity index (χ3v) is 2.91. The molecule has 1 rings (SSSR count). The van der Waals surface area contributed by atoms with E-state index in [2.05, 4.69) is 47.8 Å². The molecule has 0 fully saturated rings. The lowest BCUT2D eigenvalue weighted by atomic mass is 10.1. The molecule has 0 spiro atoms. The van der Waals surface area contributed by atoms with Crippen LogP contribution in [0.25, 0.3) is 5.57 Å². The van der Waals surface area contributed by atoms with Crippen molar-refractivity contribution in [3.05, 3.63) is 39.3 Å². The van der Waals surface area contributed by atoms with Crippen molar-refractivity contribution in [3.63, 3.8) is 0 Å². The van der Waals surface area contributed by atoms with Crippen molar-refractivity contribution in [1.29, 1.82) is 0 Å². The first-order chi connectivity index (χ1) is 6.43. The van der Waals surface area contributed by atoms with Gasteiger partial charge in [0.2, 0.25) is 0 Å². The molecule has 0 aromatic heterocycles. The van der Waals surface area contributed by atoms with Crippen LogP contribution in [0, 0.1) is 0 Å². The summed E-state index contributed by atoms with van der Waals surface area (Å²) in [6.07, 6.45) is 0. The number of benzene rings is 1. The van der Waals surface area contributed by atoms with Crippen molar-refractivity contribution in [2.45, 2.75) is 4.04 Å². The maximum absolute atomic E-state index is 13.6. The standard InChI is InChI=1S/C9H5Br3ClF/c10-8(11)7(9(12,13)14)6-4-2-1-3-5-6/h1-5H. The van der Waals surface area contributed by atoms with Crippen molar-refractivity contribution >= 4 is 65.0 Å². The molecule has 0 amide bonds. The summed E-state index contributed by atoms with van der Waals surface area (Å²) in [6.45, 7) is 0. The molecule has 1 unspecified atom stereocenters. The van der Waals surface area contributed by atoms with Gasteiger partial charge < -0.3 is 0 Å². The minimum Gasteiger partial charge on any atom is -0.208 e. The second-order valence-electron chi connectivity index (χ2n) is 2.50. The molecule has 0 saturated heterocycles. The zero-order valence-corrected chi connectivity index (χ0v) is 12.3. The Labute approximate surface area is 112 Å². The monoisotopic (exact) mass is 404 g/mol. The predicted octanol–water partition coefficient (Wildman–Crippen LogP) is 5.40. The van der Waals surface area contributed by atoms with Crippen LogP contribution in [0.15, 0.2) is 33.7 Å². The van der Waals surface area contributed by atoms with Crippen LogP contribution in [0.5, 0.6) is 0 Å². The molecule has 0 N–H and O–H groups in total. The number of hydrogen-bond acceptors (Lipinski definition) is 0. The van der Waals surface area contributed by atoms with Crippen LogP contribution in [0.4, 0.5) is 4.39 Å². The molecule has 1 aromatic rings. The molecule has 0 radical (unpaired) electrons. The first kappa shape index (κ1) is 12.7. The van der Waals surface area contributed by atoms with Gasteiger partial charge in [-0.15, -0.1) is 0 Å². The van der Waals surface area contributed by atoms with E-state index in [4.69, 9.17) is 11.6 Å². The SMILES string of the molecule is FC(Cl)(Br)C(=C(Br)Br)c1ccccc1. The van der Waals surface area contributed by atoms with Crippen molar-refractivity contribution in [2.24, 2.45) is 0 Å². The highest BCUT2D eigenvalue weighted by atomic mass is 79.9. The Kier molecular flexibility index (Phi) is 4.62. The summed E-state index contributed by atoms with van der Waals surface area (Å²) in [6, 6.07) is 9.03. The first-order valence-electron chi connectivity index (χ1n) is 3.61. The summed E-state index contributed by atoms with van der Waals surface area (Å²) in [5.74, 6) is 0. The fourth-order valence-corrected chi connectivity index (χ4v) is 3.38. The molecule has 76 valence electrons. The average Bonchev–Trinajstić information content (AvgIpc) is 2.02. The van der Waals surface area contributed by atoms with Crippen LogP contribution in [0.2, 0.25) is 0 Å². The molecule has 0 nitrogen and oxygen atoms in total. The van der Waals surface area contributed by atoms with Gasteiger partial charge in [-0.25, -0.2) is 4.39 Å². The Balaban J connectivity index is 3.24. The lowest BCUT2D eigenvalue weighted by Crippen LogP contribution is -2.07. The Morgan fingerprint density at radius 1 is 1.21 bits per heavy atom. The van der Waals surface area contributed by atoms with Gasteiger partial charge in [0, 0.05) is 5.57 Å². The molecule has 14 heavy (non-hydrogen) atoms. The van der Waals surface area contributed by atoms with Gasteiger partial charge in [0.1, 0.15) is 0 Å². The molecule has 1 aromatic carbocycles. The van der Waals surface area contributed by atoms with Crippen LogP contribution < -0.4 is 0 Å². The molecule has 0 aliphatic rings. The van der Waals surface area contributed by atoms with Gasteiger partial charge in [0.05, 0.1) is 3.39 Å². The predicted molar refractivity (Wildman–Crippen MR) is 69.8 cm³/mol. The smallest absolute Gasteiger partial charge is 0.208 e. The zero-order chi connectivity index (χ0) is 10.8. The highest BCUT2D eigenvalue weighted by Crippen LogP contribution is 2.44. The molecule has 0 bridgehead atoms. The second-order valence-corrected chi connectivity index (χ2v) is 7.22. The van der Waals surface area contributed by atoms with Gasteiger partial charge in [0.25, 0.3) is 4.04 Å². The molecule has 0 saturated carbocycles. The van der Waals surface area contributed by atoms with Gasteiger partial charge in [0.15, 0.2) is 0 Å². The Bertz CT molecular complexity index is 339. The molecule has 0 aliphatic carbocycles. The van der Waals surface area contributed by atoms with Crippen LogP contribution in [-0.4, -0.2) is 4.04 Å². The number of allylic oxidation sites excluding steroid dienone is 1. The number of halogens is 5. The van der Waals surface area contributed by atoms with E-state index in [9.17, 15) is 4.39 Å². The topological polar surface area (TPSA) is 0 Å². The summed E-state index contributed by atoms with van der Waals surface area (Å²) in [4.78, 5) is 0. The van der Waals surface area contributed by atoms with Crippen molar-refractivity contribution < 1.29 is 4.39 Å². The molecular weight excluding hydrogens is 402 g/mol. The summed E-state index contributed by atoms with van der Waals surface area (Å²) in [7, 11) is 0. The summed E-state index contributed by atoms with van der Waals surface area (Å²) < 4.78 is 11.9. The van der Waals surface area contributed by atoms with E-state index in [1.807, 2.05) is 18.2 Å². The van der Waals surface area contributed by atoms with Gasteiger partial charge >= 0.3 is 0 Å². The largest absolute Gasteiger partial charge is 0.265 e. The van der Waals surface area contributed by atoms with E-state index in [-0.39, 0.29) is 0 Å². The Morgan fingerprint density at radius 2 is 1.71 bits per heavy atom. The average molecular weight is 407 g/mol. The maximum Gasteiger partial charge on any atom is 0.265 e. The van der Waals surface area contributed by atoms with Gasteiger partial charge in [-0.1, -0.05) is 41.9 Å². The second kappa shape index (κ2) is 5.10. The van der Waals surface area contributed by atoms with Gasteiger partial charge in [-0.3, -0.25) is 0 Å². The number of alkyl halides is 3. The van der Waals surface area contributed by atoms with Gasteiger partial charge in [-0.05, 0) is 53.4 Å². The molecule has 0 heterocycles. The zero-order valence-electron chi connectivity index (χ0n) is 6.78. The third-order valence-electron chi connectivity index (χ3n) is 1.53. The van der Waals surface area contributed by atoms with Crippen molar-refractivity contribution in [2.75, 3.05) is 0 Å². The fourth-order valence-electron chi connectivity index (χ4n) is 0.985. The molecule has 5 heteroatoms. The van der Waals surface area contributed by atoms with Crippen LogP contribution in [0.3, 0.4) is 0 Å². The normalized spacial score (nSPS) is 14.6. The third kappa shape index (κ3) is 3.33. The quantitative estimate of drug-likeness (QED) is 0.576. The first-order valence-corrected chi connectivity index (χ1v) is 6.36. The minimum absolute atomic E-state index is 0.305. The van der Waals surface area contributed by atoms with E-state index in [1.54, 1.807) is 12.1 Å². The van der Waals surface area contributed by atoms with E-state index in [1.165, 1.54) is 0 Å². The van der Waals surface area contributed by atoms with Crippen LogP contribution in [0.1, 0.15) is 5.56 Å². The fraction of sp³-hybridized carbons (Fsp3) is 0.111. The Morgan fingerprint density at radius 3 is 2.07 bits per heavy atom. The molecule has 1 atom stereocenters. The van der Waals surface area contributed by atoms with Crippen molar-refractivity contribution in [1.82, 2.24) is 0 Å². The summed E-state index contributed by atoms with van der Waals surface area (Å²) in [5, 5.41) is 0. The number of rotatable bonds is 2. The van der Waals surface area contributed by atoms with Gasteiger partial charge in [-0.2, -0.15) is 0 Å². The van der Waals surface area contributed by atoms with E-state index < -0.39 is 4.04 Å². The molecule has 0 aliphatic heterocycles. The molecular formula is C9H5Br3ClF. The van der Waals surface area contributed by atoms with Crippen LogP contribution in [-0.2, 0) is 0 Å². The summed E-state index contributed by atoms with van der Waals surface area (Å²) >= 11 is 14.6. The highest BCUT2D eigenvalue weighted by Gasteiger charge is 2.30. The van der Waals surface area contributed by atoms with E-state index in [0.717, 1.165) is 0 Å². The minimum atomic E-state index is -2.09. The Hall–Kier alpha value is 0.620. The van der Waals surface area contributed by atoms with E-state index >= 15 is 0 Å². The maximum atomic E-state index is 13.6. The lowest BCUT2D eigenvalue weighted by Gasteiger charge is -2.15. The lowest BCUT2D eigenvalue weighted by molar-refractivity contribution is 0.493. The number of hydrogen-bond donors (Lipinski definition) is 0. The van der Waals surface area contributed by atoms with Crippen LogP contribution >= 0.6 is 59.4 Å². The van der Waals surface area contributed by atoms with E-state index in [0.29, 0.717) is 14.5 Å². The highest BCUT2D eigenvalue weighted by molar-refractivity contribution is 9.28. The summed E-state index contributed by atoms with van der Waals surface area (Å²) in [5.41, 5.74) is 1.00.